The quantitative estimate of drug-likeness (QED) is 0.765. The normalized spacial score (nSPS) is 35.5. The Balaban J connectivity index is 1.90. The fraction of sp³-hybridized carbons (Fsp3) is 0.938. The summed E-state index contributed by atoms with van der Waals surface area (Å²) in [5.74, 6) is 1.05. The smallest absolute Gasteiger partial charge is 0.0702 e. The van der Waals surface area contributed by atoms with Crippen LogP contribution in [0.1, 0.15) is 51.9 Å². The van der Waals surface area contributed by atoms with Crippen LogP contribution in [-0.2, 0) is 4.74 Å². The first-order valence-corrected chi connectivity index (χ1v) is 7.96. The second kappa shape index (κ2) is 7.26. The molecule has 4 unspecified atom stereocenters. The van der Waals surface area contributed by atoms with Crippen LogP contribution in [0.5, 0.6) is 0 Å². The second-order valence-electron chi connectivity index (χ2n) is 6.35. The maximum Gasteiger partial charge on any atom is 0.0702 e. The molecule has 2 aliphatic rings. The fourth-order valence-corrected chi connectivity index (χ4v) is 3.78. The summed E-state index contributed by atoms with van der Waals surface area (Å²) in [5.41, 5.74) is 0. The Labute approximate surface area is 117 Å². The highest BCUT2D eigenvalue weighted by molar-refractivity contribution is 4.97. The minimum atomic E-state index is 0.222. The van der Waals surface area contributed by atoms with Crippen LogP contribution in [0.2, 0.25) is 0 Å². The number of likely N-dealkylation sites (N-methyl/N-ethyl adjacent to an activating group) is 1. The SMILES string of the molecule is CCCC1CCC(C#N)C(N(C)CC2CCCO2)C1. The van der Waals surface area contributed by atoms with Crippen LogP contribution in [0.25, 0.3) is 0 Å². The van der Waals surface area contributed by atoms with Crippen LogP contribution >= 0.6 is 0 Å². The highest BCUT2D eigenvalue weighted by Gasteiger charge is 2.33. The van der Waals surface area contributed by atoms with Crippen molar-refractivity contribution >= 4 is 0 Å². The number of nitrogens with zero attached hydrogens (tertiary/aromatic N) is 2. The van der Waals surface area contributed by atoms with Gasteiger partial charge in [0.2, 0.25) is 0 Å². The first kappa shape index (κ1) is 14.8. The van der Waals surface area contributed by atoms with Crippen molar-refractivity contribution in [3.8, 4) is 6.07 Å². The largest absolute Gasteiger partial charge is 0.377 e. The summed E-state index contributed by atoms with van der Waals surface area (Å²) in [6.45, 7) is 4.19. The van der Waals surface area contributed by atoms with E-state index in [4.69, 9.17) is 4.74 Å². The minimum Gasteiger partial charge on any atom is -0.377 e. The lowest BCUT2D eigenvalue weighted by atomic mass is 9.76. The first-order valence-electron chi connectivity index (χ1n) is 7.96. The van der Waals surface area contributed by atoms with E-state index in [2.05, 4.69) is 24.9 Å². The molecule has 1 saturated heterocycles. The topological polar surface area (TPSA) is 36.3 Å². The van der Waals surface area contributed by atoms with Crippen LogP contribution in [-0.4, -0.2) is 37.2 Å². The van der Waals surface area contributed by atoms with E-state index in [1.165, 1.54) is 38.5 Å². The van der Waals surface area contributed by atoms with E-state index in [0.29, 0.717) is 12.1 Å². The number of rotatable bonds is 5. The maximum atomic E-state index is 9.38. The van der Waals surface area contributed by atoms with E-state index < -0.39 is 0 Å². The molecule has 108 valence electrons. The molecule has 3 nitrogen and oxygen atoms in total. The van der Waals surface area contributed by atoms with Crippen molar-refractivity contribution in [1.82, 2.24) is 4.90 Å². The minimum absolute atomic E-state index is 0.222. The molecule has 2 rings (SSSR count). The van der Waals surface area contributed by atoms with Gasteiger partial charge in [-0.1, -0.05) is 19.8 Å². The molecule has 1 aliphatic carbocycles. The van der Waals surface area contributed by atoms with Gasteiger partial charge in [0.05, 0.1) is 18.1 Å². The van der Waals surface area contributed by atoms with Gasteiger partial charge < -0.3 is 4.74 Å². The Morgan fingerprint density at radius 3 is 2.79 bits per heavy atom. The molecule has 0 spiro atoms. The van der Waals surface area contributed by atoms with E-state index in [9.17, 15) is 5.26 Å². The van der Waals surface area contributed by atoms with Crippen LogP contribution < -0.4 is 0 Å². The number of nitriles is 1. The van der Waals surface area contributed by atoms with Gasteiger partial charge in [-0.15, -0.1) is 0 Å². The molecule has 0 aromatic rings. The molecule has 0 radical (unpaired) electrons. The Bertz CT molecular complexity index is 306. The molecule has 0 aromatic heterocycles. The van der Waals surface area contributed by atoms with Gasteiger partial charge in [-0.25, -0.2) is 0 Å². The van der Waals surface area contributed by atoms with Crippen molar-refractivity contribution in [2.24, 2.45) is 11.8 Å². The van der Waals surface area contributed by atoms with Gasteiger partial charge in [0.1, 0.15) is 0 Å². The van der Waals surface area contributed by atoms with Gasteiger partial charge in [0.15, 0.2) is 0 Å². The maximum absolute atomic E-state index is 9.38. The van der Waals surface area contributed by atoms with Crippen molar-refractivity contribution in [3.63, 3.8) is 0 Å². The lowest BCUT2D eigenvalue weighted by molar-refractivity contribution is 0.0445. The average Bonchev–Trinajstić information content (AvgIpc) is 2.92. The first-order chi connectivity index (χ1) is 9.24. The van der Waals surface area contributed by atoms with E-state index in [-0.39, 0.29) is 5.92 Å². The molecule has 4 atom stereocenters. The highest BCUT2D eigenvalue weighted by atomic mass is 16.5. The second-order valence-corrected chi connectivity index (χ2v) is 6.35. The van der Waals surface area contributed by atoms with Crippen LogP contribution in [0.4, 0.5) is 0 Å². The van der Waals surface area contributed by atoms with E-state index in [0.717, 1.165) is 25.5 Å². The molecule has 0 bridgehead atoms. The van der Waals surface area contributed by atoms with E-state index in [1.807, 2.05) is 0 Å². The molecule has 19 heavy (non-hydrogen) atoms. The molecular formula is C16H28N2O. The Hall–Kier alpha value is -0.590. The third-order valence-electron chi connectivity index (χ3n) is 4.87. The summed E-state index contributed by atoms with van der Waals surface area (Å²) in [6, 6.07) is 2.98. The molecular weight excluding hydrogens is 236 g/mol. The molecule has 2 fully saturated rings. The molecule has 0 amide bonds. The molecule has 0 N–H and O–H groups in total. The van der Waals surface area contributed by atoms with Crippen LogP contribution in [0, 0.1) is 23.2 Å². The Kier molecular flexibility index (Phi) is 5.66. The van der Waals surface area contributed by atoms with Gasteiger partial charge in [0.25, 0.3) is 0 Å². The van der Waals surface area contributed by atoms with Crippen molar-refractivity contribution in [2.75, 3.05) is 20.2 Å². The lowest BCUT2D eigenvalue weighted by Gasteiger charge is -2.39. The van der Waals surface area contributed by atoms with Crippen LogP contribution in [0.15, 0.2) is 0 Å². The zero-order chi connectivity index (χ0) is 13.7. The number of hydrogen-bond donors (Lipinski definition) is 0. The zero-order valence-corrected chi connectivity index (χ0v) is 12.5. The lowest BCUT2D eigenvalue weighted by Crippen LogP contribution is -2.44. The van der Waals surface area contributed by atoms with Crippen molar-refractivity contribution in [1.29, 1.82) is 5.26 Å². The predicted octanol–water partition coefficient (Wildman–Crippen LogP) is 3.21. The summed E-state index contributed by atoms with van der Waals surface area (Å²) in [7, 11) is 2.19. The molecule has 1 heterocycles. The summed E-state index contributed by atoms with van der Waals surface area (Å²) in [5, 5.41) is 9.38. The standard InChI is InChI=1S/C16H28N2O/c1-3-5-13-7-8-14(11-17)16(10-13)18(2)12-15-6-4-9-19-15/h13-16H,3-10,12H2,1-2H3. The summed E-state index contributed by atoms with van der Waals surface area (Å²) < 4.78 is 5.73. The average molecular weight is 264 g/mol. The van der Waals surface area contributed by atoms with Crippen LogP contribution in [0.3, 0.4) is 0 Å². The third-order valence-corrected chi connectivity index (χ3v) is 4.87. The zero-order valence-electron chi connectivity index (χ0n) is 12.5. The van der Waals surface area contributed by atoms with E-state index >= 15 is 0 Å². The van der Waals surface area contributed by atoms with Crippen molar-refractivity contribution in [2.45, 2.75) is 64.0 Å². The molecule has 0 aromatic carbocycles. The van der Waals surface area contributed by atoms with Gasteiger partial charge >= 0.3 is 0 Å². The van der Waals surface area contributed by atoms with Gasteiger partial charge in [-0.3, -0.25) is 4.90 Å². The van der Waals surface area contributed by atoms with Gasteiger partial charge in [-0.05, 0) is 45.1 Å². The van der Waals surface area contributed by atoms with Crippen molar-refractivity contribution < 1.29 is 4.74 Å². The third kappa shape index (κ3) is 3.94. The molecule has 1 aliphatic heterocycles. The molecule has 1 saturated carbocycles. The van der Waals surface area contributed by atoms with Crippen molar-refractivity contribution in [3.05, 3.63) is 0 Å². The van der Waals surface area contributed by atoms with Gasteiger partial charge in [-0.2, -0.15) is 5.26 Å². The summed E-state index contributed by atoms with van der Waals surface area (Å²) >= 11 is 0. The Morgan fingerprint density at radius 1 is 1.32 bits per heavy atom. The monoisotopic (exact) mass is 264 g/mol. The number of hydrogen-bond acceptors (Lipinski definition) is 3. The van der Waals surface area contributed by atoms with Gasteiger partial charge in [0, 0.05) is 19.2 Å². The summed E-state index contributed by atoms with van der Waals surface area (Å²) in [4.78, 5) is 2.41. The fourth-order valence-electron chi connectivity index (χ4n) is 3.78. The highest BCUT2D eigenvalue weighted by Crippen LogP contribution is 2.34. The number of ether oxygens (including phenoxy) is 1. The molecule has 3 heteroatoms. The van der Waals surface area contributed by atoms with E-state index in [1.54, 1.807) is 0 Å². The Morgan fingerprint density at radius 2 is 2.16 bits per heavy atom. The summed E-state index contributed by atoms with van der Waals surface area (Å²) in [6.07, 6.45) is 8.91. The predicted molar refractivity (Wildman–Crippen MR) is 76.7 cm³/mol.